The van der Waals surface area contributed by atoms with Crippen LogP contribution in [0.25, 0.3) is 0 Å². The van der Waals surface area contributed by atoms with Gasteiger partial charge in [-0.15, -0.1) is 6.42 Å². The predicted molar refractivity (Wildman–Crippen MR) is 29.6 cm³/mol. The Bertz CT molecular complexity index is 187. The van der Waals surface area contributed by atoms with Gasteiger partial charge in [-0.05, 0) is 0 Å². The van der Waals surface area contributed by atoms with Gasteiger partial charge >= 0.3 is 9.33 Å². The van der Waals surface area contributed by atoms with Gasteiger partial charge in [0, 0.05) is 10.7 Å². The molecule has 0 unspecified atom stereocenters. The minimum Gasteiger partial charge on any atom is -0.245 e. The minimum absolute atomic E-state index is 0.314. The monoisotopic (exact) mass is 154 g/mol. The number of terminal acetylenes is 1. The van der Waals surface area contributed by atoms with Crippen molar-refractivity contribution >= 4 is 20.0 Å². The lowest BCUT2D eigenvalue weighted by atomic mass is 10.8. The average molecular weight is 155 g/mol. The highest BCUT2D eigenvalue weighted by atomic mass is 35.7. The zero-order valence-electron chi connectivity index (χ0n) is 3.80. The van der Waals surface area contributed by atoms with Crippen molar-refractivity contribution in [2.45, 2.75) is 0 Å². The zero-order valence-corrected chi connectivity index (χ0v) is 5.37. The summed E-state index contributed by atoms with van der Waals surface area (Å²) in [5.74, 6) is 1.94. The van der Waals surface area contributed by atoms with Gasteiger partial charge in [-0.2, -0.15) is 8.42 Å². The molecule has 5 heteroatoms. The predicted octanol–water partition coefficient (Wildman–Crippen LogP) is 0.120. The molecule has 0 radical (unpaired) electrons. The second kappa shape index (κ2) is 2.92. The molecular formula is C3H3ClO3S. The molecule has 0 spiro atoms. The van der Waals surface area contributed by atoms with E-state index in [0.29, 0.717) is 0 Å². The molecule has 0 aromatic rings. The number of hydrogen-bond donors (Lipinski definition) is 0. The van der Waals surface area contributed by atoms with Gasteiger partial charge in [0.2, 0.25) is 0 Å². The number of halogens is 1. The molecule has 46 valence electrons. The smallest absolute Gasteiger partial charge is 0.245 e. The molecule has 0 aromatic carbocycles. The summed E-state index contributed by atoms with van der Waals surface area (Å²) in [7, 11) is 0.710. The summed E-state index contributed by atoms with van der Waals surface area (Å²) in [4.78, 5) is 0. The maximum Gasteiger partial charge on any atom is 0.356 e. The molecule has 0 fully saturated rings. The maximum atomic E-state index is 9.84. The fraction of sp³-hybridized carbons (Fsp3) is 0.333. The van der Waals surface area contributed by atoms with Gasteiger partial charge in [0.25, 0.3) is 0 Å². The molecule has 0 rings (SSSR count). The van der Waals surface area contributed by atoms with Gasteiger partial charge in [-0.25, -0.2) is 4.18 Å². The standard InChI is InChI=1S/C3H3ClO3S/c1-2-3-7-8(4,5)6/h1H,3H2. The molecule has 3 nitrogen and oxygen atoms in total. The summed E-state index contributed by atoms with van der Waals surface area (Å²) < 4.78 is 23.6. The highest BCUT2D eigenvalue weighted by Crippen LogP contribution is 1.95. The third-order valence-electron chi connectivity index (χ3n) is 0.283. The van der Waals surface area contributed by atoms with E-state index in [1.54, 1.807) is 0 Å². The summed E-state index contributed by atoms with van der Waals surface area (Å²) in [5.41, 5.74) is 0. The van der Waals surface area contributed by atoms with Crippen LogP contribution < -0.4 is 0 Å². The minimum atomic E-state index is -3.86. The maximum absolute atomic E-state index is 9.84. The summed E-state index contributed by atoms with van der Waals surface area (Å²) >= 11 is 0. The Balaban J connectivity index is 3.63. The lowest BCUT2D eigenvalue weighted by molar-refractivity contribution is 0.376. The molecule has 0 heterocycles. The van der Waals surface area contributed by atoms with Gasteiger partial charge in [0.05, 0.1) is 0 Å². The summed E-state index contributed by atoms with van der Waals surface area (Å²) in [5, 5.41) is 0. The third-order valence-corrected chi connectivity index (χ3v) is 0.950. The Morgan fingerprint density at radius 1 is 1.75 bits per heavy atom. The molecule has 0 saturated carbocycles. The van der Waals surface area contributed by atoms with E-state index in [-0.39, 0.29) is 6.61 Å². The topological polar surface area (TPSA) is 43.4 Å². The second-order valence-corrected chi connectivity index (χ2v) is 3.02. The SMILES string of the molecule is C#CCOS(=O)(=O)Cl. The van der Waals surface area contributed by atoms with Crippen molar-refractivity contribution in [2.75, 3.05) is 6.61 Å². The van der Waals surface area contributed by atoms with Crippen LogP contribution in [-0.2, 0) is 13.5 Å². The number of hydrogen-bond acceptors (Lipinski definition) is 3. The lowest BCUT2D eigenvalue weighted by Gasteiger charge is -1.87. The van der Waals surface area contributed by atoms with Crippen LogP contribution >= 0.6 is 10.7 Å². The summed E-state index contributed by atoms with van der Waals surface area (Å²) in [6.45, 7) is -0.314. The van der Waals surface area contributed by atoms with Crippen LogP contribution in [0.4, 0.5) is 0 Å². The zero-order chi connectivity index (χ0) is 6.62. The van der Waals surface area contributed by atoms with Crippen molar-refractivity contribution in [3.8, 4) is 12.3 Å². The molecule has 0 aliphatic carbocycles. The van der Waals surface area contributed by atoms with E-state index < -0.39 is 9.33 Å². The van der Waals surface area contributed by atoms with E-state index in [4.69, 9.17) is 0 Å². The Hall–Kier alpha value is -0.240. The van der Waals surface area contributed by atoms with Crippen molar-refractivity contribution < 1.29 is 12.6 Å². The Morgan fingerprint density at radius 3 is 2.38 bits per heavy atom. The third kappa shape index (κ3) is 5.76. The highest BCUT2D eigenvalue weighted by molar-refractivity contribution is 8.09. The molecule has 0 atom stereocenters. The van der Waals surface area contributed by atoms with E-state index in [9.17, 15) is 8.42 Å². The molecule has 0 aliphatic rings. The van der Waals surface area contributed by atoms with E-state index >= 15 is 0 Å². The van der Waals surface area contributed by atoms with Gasteiger partial charge in [-0.3, -0.25) is 0 Å². The van der Waals surface area contributed by atoms with Crippen molar-refractivity contribution in [1.29, 1.82) is 0 Å². The van der Waals surface area contributed by atoms with Crippen molar-refractivity contribution in [3.05, 3.63) is 0 Å². The molecule has 0 N–H and O–H groups in total. The quantitative estimate of drug-likeness (QED) is 0.419. The van der Waals surface area contributed by atoms with Gasteiger partial charge in [0.1, 0.15) is 6.61 Å². The van der Waals surface area contributed by atoms with Gasteiger partial charge < -0.3 is 0 Å². The summed E-state index contributed by atoms with van der Waals surface area (Å²) in [6, 6.07) is 0. The molecular weight excluding hydrogens is 152 g/mol. The first-order chi connectivity index (χ1) is 3.56. The van der Waals surface area contributed by atoms with E-state index in [1.165, 1.54) is 0 Å². The Kier molecular flexibility index (Phi) is 2.84. The van der Waals surface area contributed by atoms with Crippen molar-refractivity contribution in [3.63, 3.8) is 0 Å². The van der Waals surface area contributed by atoms with Crippen LogP contribution in [0.3, 0.4) is 0 Å². The molecule has 0 aromatic heterocycles. The molecule has 0 bridgehead atoms. The van der Waals surface area contributed by atoms with Crippen molar-refractivity contribution in [2.24, 2.45) is 0 Å². The normalized spacial score (nSPS) is 10.5. The fourth-order valence-corrected chi connectivity index (χ4v) is 0.447. The summed E-state index contributed by atoms with van der Waals surface area (Å²) in [6.07, 6.45) is 4.64. The molecule has 8 heavy (non-hydrogen) atoms. The first-order valence-electron chi connectivity index (χ1n) is 1.59. The van der Waals surface area contributed by atoms with Gasteiger partial charge in [0.15, 0.2) is 0 Å². The second-order valence-electron chi connectivity index (χ2n) is 0.859. The molecule has 0 saturated heterocycles. The lowest BCUT2D eigenvalue weighted by Crippen LogP contribution is -1.95. The van der Waals surface area contributed by atoms with Crippen LogP contribution in [-0.4, -0.2) is 15.0 Å². The largest absolute Gasteiger partial charge is 0.356 e. The number of rotatable bonds is 2. The fourth-order valence-electron chi connectivity index (χ4n) is 0.104. The Morgan fingerprint density at radius 2 is 2.25 bits per heavy atom. The highest BCUT2D eigenvalue weighted by Gasteiger charge is 2.00. The van der Waals surface area contributed by atoms with Crippen molar-refractivity contribution in [1.82, 2.24) is 0 Å². The van der Waals surface area contributed by atoms with Crippen LogP contribution in [0.15, 0.2) is 0 Å². The van der Waals surface area contributed by atoms with Crippen LogP contribution in [0.1, 0.15) is 0 Å². The van der Waals surface area contributed by atoms with E-state index in [0.717, 1.165) is 0 Å². The van der Waals surface area contributed by atoms with Gasteiger partial charge in [-0.1, -0.05) is 5.92 Å². The van der Waals surface area contributed by atoms with Crippen LogP contribution in [0.2, 0.25) is 0 Å². The molecule has 0 amide bonds. The van der Waals surface area contributed by atoms with E-state index in [2.05, 4.69) is 21.3 Å². The van der Waals surface area contributed by atoms with Crippen LogP contribution in [0.5, 0.6) is 0 Å². The van der Waals surface area contributed by atoms with Crippen LogP contribution in [0, 0.1) is 12.3 Å². The van der Waals surface area contributed by atoms with E-state index in [1.807, 2.05) is 5.92 Å². The molecule has 0 aliphatic heterocycles. The Labute approximate surface area is 52.2 Å². The average Bonchev–Trinajstić information content (AvgIpc) is 1.59. The first-order valence-corrected chi connectivity index (χ1v) is 3.82. The first kappa shape index (κ1) is 7.76.